The van der Waals surface area contributed by atoms with Crippen LogP contribution in [0, 0.1) is 5.92 Å². The third kappa shape index (κ3) is 1.74. The molecule has 2 aliphatic carbocycles. The Morgan fingerprint density at radius 1 is 1.36 bits per heavy atom. The normalized spacial score (nSPS) is 34.4. The number of fused-ring (bicyclic) bond motifs is 2. The molecule has 14 heavy (non-hydrogen) atoms. The molecule has 0 heterocycles. The van der Waals surface area contributed by atoms with Crippen LogP contribution in [0.15, 0.2) is 0 Å². The van der Waals surface area contributed by atoms with Crippen LogP contribution in [-0.2, 0) is 9.59 Å². The molecule has 0 spiro atoms. The van der Waals surface area contributed by atoms with Gasteiger partial charge in [0.25, 0.3) is 0 Å². The van der Waals surface area contributed by atoms with Crippen molar-refractivity contribution in [3.05, 3.63) is 0 Å². The summed E-state index contributed by atoms with van der Waals surface area (Å²) in [6.07, 6.45) is 5.50. The van der Waals surface area contributed by atoms with Crippen molar-refractivity contribution in [1.29, 1.82) is 0 Å². The van der Waals surface area contributed by atoms with Gasteiger partial charge in [-0.05, 0) is 38.0 Å². The van der Waals surface area contributed by atoms with Crippen molar-refractivity contribution in [2.24, 2.45) is 11.7 Å². The van der Waals surface area contributed by atoms with E-state index in [0.29, 0.717) is 0 Å². The highest BCUT2D eigenvalue weighted by molar-refractivity contribution is 5.96. The maximum absolute atomic E-state index is 11.4. The Morgan fingerprint density at radius 3 is 2.43 bits per heavy atom. The highest BCUT2D eigenvalue weighted by atomic mass is 16.2. The number of primary amides is 1. The molecule has 2 amide bonds. The van der Waals surface area contributed by atoms with Crippen LogP contribution in [0.4, 0.5) is 0 Å². The first-order valence-corrected chi connectivity index (χ1v) is 5.19. The molecule has 2 bridgehead atoms. The monoisotopic (exact) mass is 196 g/mol. The molecule has 2 rings (SSSR count). The topological polar surface area (TPSA) is 72.2 Å². The van der Waals surface area contributed by atoms with Gasteiger partial charge in [0.1, 0.15) is 6.42 Å². The minimum absolute atomic E-state index is 0.0111. The van der Waals surface area contributed by atoms with E-state index in [0.717, 1.165) is 25.2 Å². The van der Waals surface area contributed by atoms with Crippen LogP contribution in [0.1, 0.15) is 38.5 Å². The Labute approximate surface area is 83.2 Å². The van der Waals surface area contributed by atoms with E-state index in [2.05, 4.69) is 5.32 Å². The van der Waals surface area contributed by atoms with Gasteiger partial charge in [0, 0.05) is 5.54 Å². The number of carbonyl (C=O) groups is 2. The average molecular weight is 196 g/mol. The van der Waals surface area contributed by atoms with Crippen LogP contribution in [0.3, 0.4) is 0 Å². The minimum atomic E-state index is -0.550. The van der Waals surface area contributed by atoms with Gasteiger partial charge in [-0.15, -0.1) is 0 Å². The Hall–Kier alpha value is -1.06. The van der Waals surface area contributed by atoms with Gasteiger partial charge in [-0.3, -0.25) is 9.59 Å². The van der Waals surface area contributed by atoms with E-state index in [1.807, 2.05) is 0 Å². The van der Waals surface area contributed by atoms with E-state index < -0.39 is 5.91 Å². The summed E-state index contributed by atoms with van der Waals surface area (Å²) in [5, 5.41) is 2.98. The molecule has 78 valence electrons. The molecule has 0 atom stereocenters. The van der Waals surface area contributed by atoms with Crippen LogP contribution in [-0.4, -0.2) is 17.4 Å². The van der Waals surface area contributed by atoms with Crippen LogP contribution in [0.2, 0.25) is 0 Å². The Kier molecular flexibility index (Phi) is 2.21. The van der Waals surface area contributed by atoms with E-state index in [1.54, 1.807) is 0 Å². The number of nitrogens with two attached hydrogens (primary N) is 1. The van der Waals surface area contributed by atoms with Crippen molar-refractivity contribution < 1.29 is 9.59 Å². The number of carbonyl (C=O) groups excluding carboxylic acids is 2. The zero-order chi connectivity index (χ0) is 10.2. The molecule has 4 nitrogen and oxygen atoms in total. The lowest BCUT2D eigenvalue weighted by molar-refractivity contribution is -0.128. The summed E-state index contributed by atoms with van der Waals surface area (Å²) in [6, 6.07) is 0. The van der Waals surface area contributed by atoms with Crippen molar-refractivity contribution in [3.8, 4) is 0 Å². The summed E-state index contributed by atoms with van der Waals surface area (Å²) >= 11 is 0. The predicted molar refractivity (Wildman–Crippen MR) is 51.3 cm³/mol. The lowest BCUT2D eigenvalue weighted by Gasteiger charge is -2.27. The quantitative estimate of drug-likeness (QED) is 0.638. The smallest absolute Gasteiger partial charge is 0.229 e. The minimum Gasteiger partial charge on any atom is -0.369 e. The van der Waals surface area contributed by atoms with Crippen molar-refractivity contribution in [2.75, 3.05) is 0 Å². The zero-order valence-corrected chi connectivity index (χ0v) is 8.21. The lowest BCUT2D eigenvalue weighted by atomic mass is 9.93. The maximum atomic E-state index is 11.4. The maximum Gasteiger partial charge on any atom is 0.229 e. The lowest BCUT2D eigenvalue weighted by Crippen LogP contribution is -2.46. The third-order valence-corrected chi connectivity index (χ3v) is 3.48. The summed E-state index contributed by atoms with van der Waals surface area (Å²) in [6.45, 7) is 0. The Balaban J connectivity index is 1.90. The average Bonchev–Trinajstić information content (AvgIpc) is 2.60. The van der Waals surface area contributed by atoms with Gasteiger partial charge in [-0.1, -0.05) is 0 Å². The van der Waals surface area contributed by atoms with E-state index in [1.165, 1.54) is 12.8 Å². The SMILES string of the molecule is NC(=O)CC(=O)NC12CCC(CC1)C2. The second-order valence-electron chi connectivity index (χ2n) is 4.62. The molecule has 0 radical (unpaired) electrons. The number of amides is 2. The van der Waals surface area contributed by atoms with Crippen molar-refractivity contribution in [2.45, 2.75) is 44.1 Å². The summed E-state index contributed by atoms with van der Waals surface area (Å²) < 4.78 is 0. The van der Waals surface area contributed by atoms with E-state index in [4.69, 9.17) is 5.73 Å². The molecule has 4 heteroatoms. The van der Waals surface area contributed by atoms with Gasteiger partial charge in [0.05, 0.1) is 0 Å². The fourth-order valence-electron chi connectivity index (χ4n) is 2.87. The van der Waals surface area contributed by atoms with E-state index in [-0.39, 0.29) is 17.9 Å². The molecule has 0 aromatic carbocycles. The van der Waals surface area contributed by atoms with Gasteiger partial charge < -0.3 is 11.1 Å². The fraction of sp³-hybridized carbons (Fsp3) is 0.800. The van der Waals surface area contributed by atoms with Crippen LogP contribution in [0.25, 0.3) is 0 Å². The fourth-order valence-corrected chi connectivity index (χ4v) is 2.87. The van der Waals surface area contributed by atoms with Gasteiger partial charge in [-0.2, -0.15) is 0 Å². The van der Waals surface area contributed by atoms with Gasteiger partial charge in [-0.25, -0.2) is 0 Å². The Bertz CT molecular complexity index is 267. The summed E-state index contributed by atoms with van der Waals surface area (Å²) in [4.78, 5) is 21.9. The number of nitrogens with one attached hydrogen (secondary N) is 1. The number of hydrogen-bond acceptors (Lipinski definition) is 2. The molecule has 2 saturated carbocycles. The first-order valence-electron chi connectivity index (χ1n) is 5.19. The molecular formula is C10H16N2O2. The van der Waals surface area contributed by atoms with Crippen molar-refractivity contribution >= 4 is 11.8 Å². The highest BCUT2D eigenvalue weighted by Crippen LogP contribution is 2.47. The number of rotatable bonds is 3. The van der Waals surface area contributed by atoms with E-state index >= 15 is 0 Å². The molecular weight excluding hydrogens is 180 g/mol. The van der Waals surface area contributed by atoms with Crippen LogP contribution in [0.5, 0.6) is 0 Å². The van der Waals surface area contributed by atoms with Gasteiger partial charge in [0.15, 0.2) is 0 Å². The van der Waals surface area contributed by atoms with Crippen molar-refractivity contribution in [3.63, 3.8) is 0 Å². The highest BCUT2D eigenvalue weighted by Gasteiger charge is 2.45. The molecule has 0 aromatic rings. The molecule has 0 aromatic heterocycles. The second-order valence-corrected chi connectivity index (χ2v) is 4.62. The van der Waals surface area contributed by atoms with Gasteiger partial charge >= 0.3 is 0 Å². The standard InChI is InChI=1S/C10H16N2O2/c11-8(13)5-9(14)12-10-3-1-7(6-10)2-4-10/h7H,1-6H2,(H2,11,13)(H,12,14). The van der Waals surface area contributed by atoms with Crippen molar-refractivity contribution in [1.82, 2.24) is 5.32 Å². The van der Waals surface area contributed by atoms with Crippen LogP contribution < -0.4 is 11.1 Å². The Morgan fingerprint density at radius 2 is 2.00 bits per heavy atom. The first kappa shape index (κ1) is 9.49. The molecule has 0 unspecified atom stereocenters. The second kappa shape index (κ2) is 3.26. The predicted octanol–water partition coefficient (Wildman–Crippen LogP) is 0.311. The van der Waals surface area contributed by atoms with Crippen LogP contribution >= 0.6 is 0 Å². The van der Waals surface area contributed by atoms with E-state index in [9.17, 15) is 9.59 Å². The molecule has 3 N–H and O–H groups in total. The summed E-state index contributed by atoms with van der Waals surface area (Å²) in [5.74, 6) is 0.0374. The first-order chi connectivity index (χ1) is 6.60. The zero-order valence-electron chi connectivity index (χ0n) is 8.21. The molecule has 2 fully saturated rings. The summed E-state index contributed by atoms with van der Waals surface area (Å²) in [5.41, 5.74) is 4.97. The largest absolute Gasteiger partial charge is 0.369 e. The third-order valence-electron chi connectivity index (χ3n) is 3.48. The van der Waals surface area contributed by atoms with Gasteiger partial charge in [0.2, 0.25) is 11.8 Å². The molecule has 0 saturated heterocycles. The summed E-state index contributed by atoms with van der Waals surface area (Å²) in [7, 11) is 0. The number of hydrogen-bond donors (Lipinski definition) is 2. The molecule has 0 aliphatic heterocycles. The molecule has 2 aliphatic rings.